The molecule has 5 nitrogen and oxygen atoms in total. The second kappa shape index (κ2) is 14.5. The van der Waals surface area contributed by atoms with Crippen molar-refractivity contribution < 1.29 is 4.74 Å². The normalized spacial score (nSPS) is 15.4. The molecule has 0 aromatic heterocycles. The van der Waals surface area contributed by atoms with Crippen LogP contribution in [0.25, 0.3) is 0 Å². The first-order chi connectivity index (χ1) is 15.1. The highest BCUT2D eigenvalue weighted by molar-refractivity contribution is 14.0. The van der Waals surface area contributed by atoms with Gasteiger partial charge in [0, 0.05) is 31.7 Å². The van der Waals surface area contributed by atoms with Crippen molar-refractivity contribution in [2.75, 3.05) is 19.6 Å². The standard InChI is InChI=1S/C26H38N4O.HI/c1-4-27-26(29-25-13-15-30(16-14-25)21(2)3)28-18-23-11-8-12-24(17-23)20-31-19-22-9-6-5-7-10-22;/h5-12,17,21,25H,4,13-16,18-20H2,1-3H3,(H2,27,28,29);1H. The average Bonchev–Trinajstić information content (AvgIpc) is 2.79. The van der Waals surface area contributed by atoms with Gasteiger partial charge in [-0.05, 0) is 50.3 Å². The first-order valence-electron chi connectivity index (χ1n) is 11.6. The van der Waals surface area contributed by atoms with Crippen molar-refractivity contribution in [2.45, 2.75) is 65.5 Å². The molecule has 0 amide bonds. The third kappa shape index (κ3) is 9.08. The summed E-state index contributed by atoms with van der Waals surface area (Å²) in [6.07, 6.45) is 2.33. The van der Waals surface area contributed by atoms with E-state index in [0.29, 0.717) is 31.8 Å². The minimum absolute atomic E-state index is 0. The van der Waals surface area contributed by atoms with Crippen LogP contribution in [0.5, 0.6) is 0 Å². The lowest BCUT2D eigenvalue weighted by Crippen LogP contribution is -2.49. The maximum atomic E-state index is 5.89. The van der Waals surface area contributed by atoms with Gasteiger partial charge in [0.25, 0.3) is 0 Å². The molecule has 0 spiro atoms. The number of piperidine rings is 1. The predicted octanol–water partition coefficient (Wildman–Crippen LogP) is 4.95. The van der Waals surface area contributed by atoms with E-state index in [1.807, 2.05) is 18.2 Å². The van der Waals surface area contributed by atoms with Crippen molar-refractivity contribution in [3.05, 3.63) is 71.3 Å². The number of nitrogens with zero attached hydrogens (tertiary/aromatic N) is 2. The third-order valence-corrected chi connectivity index (χ3v) is 5.74. The van der Waals surface area contributed by atoms with Crippen LogP contribution in [0.1, 0.15) is 50.3 Å². The Kier molecular flexibility index (Phi) is 12.1. The summed E-state index contributed by atoms with van der Waals surface area (Å²) in [5, 5.41) is 7.04. The van der Waals surface area contributed by atoms with Crippen molar-refractivity contribution in [1.29, 1.82) is 0 Å². The van der Waals surface area contributed by atoms with Crippen molar-refractivity contribution in [3.8, 4) is 0 Å². The lowest BCUT2D eigenvalue weighted by molar-refractivity contribution is 0.107. The predicted molar refractivity (Wildman–Crippen MR) is 144 cm³/mol. The monoisotopic (exact) mass is 550 g/mol. The zero-order chi connectivity index (χ0) is 21.9. The molecule has 1 saturated heterocycles. The van der Waals surface area contributed by atoms with Crippen molar-refractivity contribution >= 4 is 29.9 Å². The Morgan fingerprint density at radius 1 is 1.00 bits per heavy atom. The molecule has 2 aromatic rings. The molecule has 176 valence electrons. The number of guanidine groups is 1. The Labute approximate surface area is 211 Å². The topological polar surface area (TPSA) is 48.9 Å². The van der Waals surface area contributed by atoms with Crippen LogP contribution in [-0.4, -0.2) is 42.6 Å². The van der Waals surface area contributed by atoms with E-state index in [2.05, 4.69) is 72.7 Å². The molecule has 0 atom stereocenters. The summed E-state index contributed by atoms with van der Waals surface area (Å²) in [7, 11) is 0. The van der Waals surface area contributed by atoms with Crippen LogP contribution in [0.2, 0.25) is 0 Å². The van der Waals surface area contributed by atoms with Gasteiger partial charge >= 0.3 is 0 Å². The maximum Gasteiger partial charge on any atom is 0.191 e. The number of nitrogens with one attached hydrogen (secondary N) is 2. The Morgan fingerprint density at radius 3 is 2.34 bits per heavy atom. The van der Waals surface area contributed by atoms with E-state index >= 15 is 0 Å². The Morgan fingerprint density at radius 2 is 1.66 bits per heavy atom. The van der Waals surface area contributed by atoms with Crippen LogP contribution in [0.15, 0.2) is 59.6 Å². The Hall–Kier alpha value is -1.64. The number of benzene rings is 2. The van der Waals surface area contributed by atoms with Crippen LogP contribution >= 0.6 is 24.0 Å². The minimum atomic E-state index is 0. The van der Waals surface area contributed by atoms with Crippen molar-refractivity contribution in [3.63, 3.8) is 0 Å². The number of hydrogen-bond donors (Lipinski definition) is 2. The molecule has 2 N–H and O–H groups in total. The molecule has 0 unspecified atom stereocenters. The number of ether oxygens (including phenoxy) is 1. The van der Waals surface area contributed by atoms with Gasteiger partial charge in [-0.15, -0.1) is 24.0 Å². The van der Waals surface area contributed by atoms with Gasteiger partial charge in [0.1, 0.15) is 0 Å². The molecule has 0 aliphatic carbocycles. The highest BCUT2D eigenvalue weighted by Gasteiger charge is 2.21. The van der Waals surface area contributed by atoms with Crippen molar-refractivity contribution in [1.82, 2.24) is 15.5 Å². The summed E-state index contributed by atoms with van der Waals surface area (Å²) in [6, 6.07) is 19.9. The number of halogens is 1. The maximum absolute atomic E-state index is 5.89. The van der Waals surface area contributed by atoms with Crippen LogP contribution in [0, 0.1) is 0 Å². The SMILES string of the molecule is CCNC(=NCc1cccc(COCc2ccccc2)c1)NC1CCN(C(C)C)CC1.I. The van der Waals surface area contributed by atoms with Crippen LogP contribution < -0.4 is 10.6 Å². The molecule has 0 saturated carbocycles. The zero-order valence-corrected chi connectivity index (χ0v) is 22.0. The number of aliphatic imine (C=N–C) groups is 1. The van der Waals surface area contributed by atoms with E-state index in [-0.39, 0.29) is 24.0 Å². The van der Waals surface area contributed by atoms with E-state index in [1.165, 1.54) is 16.7 Å². The molecule has 2 aromatic carbocycles. The number of rotatable bonds is 9. The molecule has 32 heavy (non-hydrogen) atoms. The summed E-state index contributed by atoms with van der Waals surface area (Å²) in [4.78, 5) is 7.39. The van der Waals surface area contributed by atoms with Crippen molar-refractivity contribution in [2.24, 2.45) is 4.99 Å². The zero-order valence-electron chi connectivity index (χ0n) is 19.7. The van der Waals surface area contributed by atoms with Crippen LogP contribution in [-0.2, 0) is 24.5 Å². The van der Waals surface area contributed by atoms with Gasteiger partial charge in [0.15, 0.2) is 5.96 Å². The van der Waals surface area contributed by atoms with E-state index in [0.717, 1.165) is 38.4 Å². The fraction of sp³-hybridized carbons (Fsp3) is 0.500. The largest absolute Gasteiger partial charge is 0.372 e. The summed E-state index contributed by atoms with van der Waals surface area (Å²) in [5.74, 6) is 0.913. The second-order valence-electron chi connectivity index (χ2n) is 8.54. The summed E-state index contributed by atoms with van der Waals surface area (Å²) >= 11 is 0. The first-order valence-corrected chi connectivity index (χ1v) is 11.6. The summed E-state index contributed by atoms with van der Waals surface area (Å²) in [5.41, 5.74) is 3.58. The molecule has 1 aliphatic heterocycles. The number of hydrogen-bond acceptors (Lipinski definition) is 3. The lowest BCUT2D eigenvalue weighted by atomic mass is 10.0. The van der Waals surface area contributed by atoms with Crippen LogP contribution in [0.3, 0.4) is 0 Å². The van der Waals surface area contributed by atoms with Gasteiger partial charge in [0.05, 0.1) is 19.8 Å². The van der Waals surface area contributed by atoms with Gasteiger partial charge in [0.2, 0.25) is 0 Å². The Bertz CT molecular complexity index is 804. The number of likely N-dealkylation sites (tertiary alicyclic amines) is 1. The van der Waals surface area contributed by atoms with Gasteiger partial charge in [-0.1, -0.05) is 54.6 Å². The molecule has 3 rings (SSSR count). The third-order valence-electron chi connectivity index (χ3n) is 5.74. The molecule has 1 fully saturated rings. The summed E-state index contributed by atoms with van der Waals surface area (Å²) < 4.78 is 5.89. The smallest absolute Gasteiger partial charge is 0.191 e. The lowest BCUT2D eigenvalue weighted by Gasteiger charge is -2.35. The van der Waals surface area contributed by atoms with Crippen LogP contribution in [0.4, 0.5) is 0 Å². The molecular weight excluding hydrogens is 511 g/mol. The fourth-order valence-electron chi connectivity index (χ4n) is 3.92. The van der Waals surface area contributed by atoms with Gasteiger partial charge in [-0.2, -0.15) is 0 Å². The average molecular weight is 551 g/mol. The van der Waals surface area contributed by atoms with E-state index in [9.17, 15) is 0 Å². The van der Waals surface area contributed by atoms with Gasteiger partial charge < -0.3 is 20.3 Å². The molecule has 1 aliphatic rings. The highest BCUT2D eigenvalue weighted by atomic mass is 127. The minimum Gasteiger partial charge on any atom is -0.372 e. The molecule has 0 bridgehead atoms. The van der Waals surface area contributed by atoms with Gasteiger partial charge in [-0.3, -0.25) is 0 Å². The van der Waals surface area contributed by atoms with Gasteiger partial charge in [-0.25, -0.2) is 4.99 Å². The second-order valence-corrected chi connectivity index (χ2v) is 8.54. The quantitative estimate of drug-likeness (QED) is 0.264. The molecule has 6 heteroatoms. The summed E-state index contributed by atoms with van der Waals surface area (Å²) in [6.45, 7) is 11.7. The highest BCUT2D eigenvalue weighted by Crippen LogP contribution is 2.13. The first kappa shape index (κ1) is 26.6. The van der Waals surface area contributed by atoms with E-state index in [4.69, 9.17) is 9.73 Å². The fourth-order valence-corrected chi connectivity index (χ4v) is 3.92. The van der Waals surface area contributed by atoms with E-state index < -0.39 is 0 Å². The molecule has 1 heterocycles. The van der Waals surface area contributed by atoms with E-state index in [1.54, 1.807) is 0 Å². The Balaban J connectivity index is 0.00000363. The molecule has 0 radical (unpaired) electrons. The molecular formula is C26H39IN4O.